The minimum absolute atomic E-state index is 0.0957. The summed E-state index contributed by atoms with van der Waals surface area (Å²) in [5.41, 5.74) is 0. The molecule has 3 rings (SSSR count). The molecule has 1 fully saturated rings. The zero-order valence-corrected chi connectivity index (χ0v) is 13.6. The Morgan fingerprint density at radius 3 is 2.96 bits per heavy atom. The average molecular weight is 318 g/mol. The number of carbonyl (C=O) groups excluding carboxylic acids is 1. The van der Waals surface area contributed by atoms with Crippen molar-refractivity contribution in [2.75, 3.05) is 6.61 Å². The highest BCUT2D eigenvalue weighted by Gasteiger charge is 2.33. The van der Waals surface area contributed by atoms with Crippen LogP contribution in [0.4, 0.5) is 4.79 Å². The van der Waals surface area contributed by atoms with Crippen LogP contribution < -0.4 is 10.6 Å². The largest absolute Gasteiger partial charge is 0.464 e. The first kappa shape index (κ1) is 15.6. The number of ether oxygens (including phenoxy) is 1. The summed E-state index contributed by atoms with van der Waals surface area (Å²) in [4.78, 5) is 16.6. The van der Waals surface area contributed by atoms with Crippen molar-refractivity contribution in [2.45, 2.75) is 38.5 Å². The number of nitrogens with one attached hydrogen (secondary N) is 2. The van der Waals surface area contributed by atoms with Crippen molar-refractivity contribution in [3.8, 4) is 0 Å². The molecule has 7 nitrogen and oxygen atoms in total. The molecule has 1 saturated heterocycles. The zero-order chi connectivity index (χ0) is 16.4. The summed E-state index contributed by atoms with van der Waals surface area (Å²) in [6.07, 6.45) is 4.14. The molecule has 1 aliphatic rings. The van der Waals surface area contributed by atoms with Crippen LogP contribution in [0.1, 0.15) is 42.8 Å². The van der Waals surface area contributed by atoms with Crippen LogP contribution in [0.15, 0.2) is 28.9 Å². The van der Waals surface area contributed by atoms with Crippen LogP contribution >= 0.6 is 0 Å². The van der Waals surface area contributed by atoms with Crippen LogP contribution in [-0.4, -0.2) is 28.2 Å². The lowest BCUT2D eigenvalue weighted by atomic mass is 10.1. The topological polar surface area (TPSA) is 81.3 Å². The maximum Gasteiger partial charge on any atom is 0.315 e. The van der Waals surface area contributed by atoms with Gasteiger partial charge in [0.1, 0.15) is 23.4 Å². The highest BCUT2D eigenvalue weighted by Crippen LogP contribution is 2.27. The third-order valence-corrected chi connectivity index (χ3v) is 4.06. The van der Waals surface area contributed by atoms with Gasteiger partial charge in [0.05, 0.1) is 12.1 Å². The Balaban J connectivity index is 1.60. The second-order valence-corrected chi connectivity index (χ2v) is 5.87. The Labute approximate surface area is 135 Å². The van der Waals surface area contributed by atoms with E-state index < -0.39 is 0 Å². The van der Waals surface area contributed by atoms with Gasteiger partial charge in [0.25, 0.3) is 0 Å². The molecular formula is C16H22N4O3. The predicted molar refractivity (Wildman–Crippen MR) is 83.8 cm³/mol. The smallest absolute Gasteiger partial charge is 0.315 e. The van der Waals surface area contributed by atoms with E-state index >= 15 is 0 Å². The summed E-state index contributed by atoms with van der Waals surface area (Å²) < 4.78 is 13.2. The van der Waals surface area contributed by atoms with Crippen LogP contribution in [-0.2, 0) is 11.8 Å². The molecule has 2 N–H and O–H groups in total. The van der Waals surface area contributed by atoms with Crippen molar-refractivity contribution in [2.24, 2.45) is 7.05 Å². The van der Waals surface area contributed by atoms with E-state index in [-0.39, 0.29) is 24.2 Å². The van der Waals surface area contributed by atoms with E-state index in [1.807, 2.05) is 43.8 Å². The number of urea groups is 1. The molecule has 2 aromatic heterocycles. The van der Waals surface area contributed by atoms with E-state index in [4.69, 9.17) is 9.15 Å². The minimum atomic E-state index is -0.235. The van der Waals surface area contributed by atoms with Crippen molar-refractivity contribution in [3.05, 3.63) is 41.9 Å². The quantitative estimate of drug-likeness (QED) is 0.905. The zero-order valence-electron chi connectivity index (χ0n) is 13.6. The molecule has 3 heterocycles. The van der Waals surface area contributed by atoms with Crippen molar-refractivity contribution in [1.29, 1.82) is 0 Å². The third kappa shape index (κ3) is 3.39. The number of nitrogens with zero attached hydrogens (tertiary/aromatic N) is 2. The summed E-state index contributed by atoms with van der Waals surface area (Å²) in [6.45, 7) is 4.37. The summed E-state index contributed by atoms with van der Waals surface area (Å²) in [5.74, 6) is 2.39. The number of furan rings is 1. The van der Waals surface area contributed by atoms with Gasteiger partial charge in [0.15, 0.2) is 0 Å². The van der Waals surface area contributed by atoms with E-state index in [0.717, 1.165) is 23.8 Å². The molecule has 2 aromatic rings. The van der Waals surface area contributed by atoms with Crippen molar-refractivity contribution in [1.82, 2.24) is 20.2 Å². The first-order valence-corrected chi connectivity index (χ1v) is 7.77. The van der Waals surface area contributed by atoms with Gasteiger partial charge >= 0.3 is 6.03 Å². The highest BCUT2D eigenvalue weighted by atomic mass is 16.5. The molecule has 23 heavy (non-hydrogen) atoms. The molecule has 0 aromatic carbocycles. The van der Waals surface area contributed by atoms with Gasteiger partial charge < -0.3 is 24.4 Å². The number of aromatic nitrogens is 2. The number of hydrogen-bond donors (Lipinski definition) is 2. The van der Waals surface area contributed by atoms with Crippen molar-refractivity contribution in [3.63, 3.8) is 0 Å². The lowest BCUT2D eigenvalue weighted by Crippen LogP contribution is -2.44. The number of hydrogen-bond acceptors (Lipinski definition) is 4. The average Bonchev–Trinajstić information content (AvgIpc) is 3.20. The molecule has 0 radical (unpaired) electrons. The van der Waals surface area contributed by atoms with Crippen LogP contribution in [0, 0.1) is 6.92 Å². The van der Waals surface area contributed by atoms with Gasteiger partial charge in [-0.25, -0.2) is 9.78 Å². The number of aryl methyl sites for hydroxylation is 2. The third-order valence-electron chi connectivity index (χ3n) is 4.06. The Bertz CT molecular complexity index is 678. The van der Waals surface area contributed by atoms with Gasteiger partial charge in [-0.2, -0.15) is 0 Å². The Hall–Kier alpha value is -2.28. The summed E-state index contributed by atoms with van der Waals surface area (Å²) in [5, 5.41) is 5.87. The van der Waals surface area contributed by atoms with E-state index in [2.05, 4.69) is 15.6 Å². The lowest BCUT2D eigenvalue weighted by molar-refractivity contribution is 0.0907. The molecule has 124 valence electrons. The number of imidazole rings is 1. The Morgan fingerprint density at radius 1 is 1.48 bits per heavy atom. The van der Waals surface area contributed by atoms with Crippen LogP contribution in [0.25, 0.3) is 0 Å². The van der Waals surface area contributed by atoms with E-state index in [0.29, 0.717) is 6.61 Å². The van der Waals surface area contributed by atoms with Gasteiger partial charge in [-0.3, -0.25) is 0 Å². The number of amides is 2. The molecule has 1 aliphatic heterocycles. The van der Waals surface area contributed by atoms with E-state index in [9.17, 15) is 4.79 Å². The van der Waals surface area contributed by atoms with Gasteiger partial charge in [0.2, 0.25) is 0 Å². The fourth-order valence-corrected chi connectivity index (χ4v) is 2.81. The normalized spacial score (nSPS) is 22.0. The van der Waals surface area contributed by atoms with E-state index in [1.165, 1.54) is 0 Å². The highest BCUT2D eigenvalue weighted by molar-refractivity contribution is 5.74. The first-order chi connectivity index (χ1) is 11.0. The fourth-order valence-electron chi connectivity index (χ4n) is 2.81. The van der Waals surface area contributed by atoms with Crippen LogP contribution in [0.3, 0.4) is 0 Å². The van der Waals surface area contributed by atoms with Crippen LogP contribution in [0.2, 0.25) is 0 Å². The van der Waals surface area contributed by atoms with Gasteiger partial charge in [-0.1, -0.05) is 0 Å². The van der Waals surface area contributed by atoms with Crippen LogP contribution in [0.5, 0.6) is 0 Å². The molecule has 0 bridgehead atoms. The maximum absolute atomic E-state index is 12.2. The molecule has 7 heteroatoms. The molecule has 3 atom stereocenters. The summed E-state index contributed by atoms with van der Waals surface area (Å²) in [6, 6.07) is 3.23. The van der Waals surface area contributed by atoms with Gasteiger partial charge in [-0.05, 0) is 32.4 Å². The maximum atomic E-state index is 12.2. The van der Waals surface area contributed by atoms with Crippen molar-refractivity contribution < 1.29 is 13.9 Å². The van der Waals surface area contributed by atoms with Crippen molar-refractivity contribution >= 4 is 6.03 Å². The lowest BCUT2D eigenvalue weighted by Gasteiger charge is -2.21. The molecule has 0 unspecified atom stereocenters. The minimum Gasteiger partial charge on any atom is -0.464 e. The molecule has 0 aliphatic carbocycles. The molecule has 0 saturated carbocycles. The Kier molecular flexibility index (Phi) is 4.38. The standard InChI is InChI=1S/C16H22N4O3/c1-10-4-5-13(23-10)11(2)18-16(21)19-12-6-9-22-14(12)15-17-7-8-20(15)3/h4-5,7-8,11-12,14H,6,9H2,1-3H3,(H2,18,19,21)/t11-,12+,14+/m1/s1. The summed E-state index contributed by atoms with van der Waals surface area (Å²) >= 11 is 0. The SMILES string of the molecule is Cc1ccc([C@@H](C)NC(=O)N[C@H]2CCO[C@@H]2c2nccn2C)o1. The van der Waals surface area contributed by atoms with Gasteiger partial charge in [0, 0.05) is 26.0 Å². The number of carbonyl (C=O) groups is 1. The molecule has 0 spiro atoms. The van der Waals surface area contributed by atoms with E-state index in [1.54, 1.807) is 6.20 Å². The van der Waals surface area contributed by atoms with Gasteiger partial charge in [-0.15, -0.1) is 0 Å². The molecule has 2 amide bonds. The predicted octanol–water partition coefficient (Wildman–Crippen LogP) is 2.21. The second-order valence-electron chi connectivity index (χ2n) is 5.87. The second kappa shape index (κ2) is 6.45. The fraction of sp³-hybridized carbons (Fsp3) is 0.500. The monoisotopic (exact) mass is 318 g/mol. The molecular weight excluding hydrogens is 296 g/mol. The Morgan fingerprint density at radius 2 is 2.30 bits per heavy atom. The number of rotatable bonds is 4. The summed E-state index contributed by atoms with van der Waals surface area (Å²) in [7, 11) is 1.92. The first-order valence-electron chi connectivity index (χ1n) is 7.77.